The maximum atomic E-state index is 11.0. The lowest BCUT2D eigenvalue weighted by Crippen LogP contribution is -2.37. The van der Waals surface area contributed by atoms with Crippen molar-refractivity contribution >= 4 is 6.41 Å². The summed E-state index contributed by atoms with van der Waals surface area (Å²) in [5.74, 6) is -0.0325. The predicted molar refractivity (Wildman–Crippen MR) is 74.3 cm³/mol. The zero-order chi connectivity index (χ0) is 14.3. The highest BCUT2D eigenvalue weighted by Crippen LogP contribution is 2.14. The van der Waals surface area contributed by atoms with Crippen LogP contribution in [0.15, 0.2) is 30.3 Å². The molecule has 106 valence electrons. The molecule has 0 fully saturated rings. The fourth-order valence-corrected chi connectivity index (χ4v) is 1.84. The van der Waals surface area contributed by atoms with Crippen molar-refractivity contribution in [3.05, 3.63) is 35.9 Å². The Morgan fingerprint density at radius 3 is 2.42 bits per heavy atom. The van der Waals surface area contributed by atoms with E-state index in [0.29, 0.717) is 13.0 Å². The summed E-state index contributed by atoms with van der Waals surface area (Å²) in [6.45, 7) is 6.05. The van der Waals surface area contributed by atoms with Gasteiger partial charge in [-0.25, -0.2) is 5.06 Å². The maximum absolute atomic E-state index is 11.0. The summed E-state index contributed by atoms with van der Waals surface area (Å²) in [6.07, 6.45) is 1.38. The van der Waals surface area contributed by atoms with Crippen LogP contribution < -0.4 is 0 Å². The van der Waals surface area contributed by atoms with E-state index >= 15 is 0 Å². The Kier molecular flexibility index (Phi) is 5.99. The first-order valence-corrected chi connectivity index (χ1v) is 6.50. The second-order valence-corrected chi connectivity index (χ2v) is 5.65. The van der Waals surface area contributed by atoms with Gasteiger partial charge in [-0.15, -0.1) is 0 Å². The highest BCUT2D eigenvalue weighted by Gasteiger charge is 2.19. The minimum Gasteiger partial charge on any atom is -0.396 e. The van der Waals surface area contributed by atoms with Crippen molar-refractivity contribution in [2.75, 3.05) is 13.2 Å². The van der Waals surface area contributed by atoms with Gasteiger partial charge in [0.15, 0.2) is 0 Å². The summed E-state index contributed by atoms with van der Waals surface area (Å²) in [6, 6.07) is 9.91. The smallest absolute Gasteiger partial charge is 0.233 e. The lowest BCUT2D eigenvalue weighted by molar-refractivity contribution is -0.220. The van der Waals surface area contributed by atoms with Crippen LogP contribution in [0.5, 0.6) is 0 Å². The molecule has 0 bridgehead atoms. The van der Waals surface area contributed by atoms with Gasteiger partial charge in [-0.3, -0.25) is 9.63 Å². The maximum Gasteiger partial charge on any atom is 0.233 e. The summed E-state index contributed by atoms with van der Waals surface area (Å²) >= 11 is 0. The molecule has 0 aliphatic carbocycles. The number of hydroxylamine groups is 2. The lowest BCUT2D eigenvalue weighted by atomic mass is 10.00. The molecule has 0 spiro atoms. The SMILES string of the molecule is CC(C)(C)ON(C=O)CC(CO)Cc1ccccc1. The third-order valence-corrected chi connectivity index (χ3v) is 2.57. The van der Waals surface area contributed by atoms with Crippen molar-refractivity contribution < 1.29 is 14.7 Å². The van der Waals surface area contributed by atoms with E-state index in [-0.39, 0.29) is 12.5 Å². The fourth-order valence-electron chi connectivity index (χ4n) is 1.84. The molecule has 0 aliphatic heterocycles. The molecule has 0 heterocycles. The highest BCUT2D eigenvalue weighted by molar-refractivity contribution is 5.45. The normalized spacial score (nSPS) is 13.1. The van der Waals surface area contributed by atoms with E-state index in [1.54, 1.807) is 0 Å². The molecule has 1 rings (SSSR count). The number of amides is 1. The number of hydrogen-bond acceptors (Lipinski definition) is 3. The van der Waals surface area contributed by atoms with Gasteiger partial charge in [-0.2, -0.15) is 0 Å². The van der Waals surface area contributed by atoms with E-state index in [9.17, 15) is 9.90 Å². The van der Waals surface area contributed by atoms with Gasteiger partial charge in [0.2, 0.25) is 6.41 Å². The molecule has 1 aromatic rings. The number of aliphatic hydroxyl groups excluding tert-OH is 1. The van der Waals surface area contributed by atoms with Gasteiger partial charge in [0.1, 0.15) is 0 Å². The number of benzene rings is 1. The van der Waals surface area contributed by atoms with E-state index in [1.807, 2.05) is 51.1 Å². The van der Waals surface area contributed by atoms with Gasteiger partial charge >= 0.3 is 0 Å². The average molecular weight is 265 g/mol. The monoisotopic (exact) mass is 265 g/mol. The quantitative estimate of drug-likeness (QED) is 0.606. The lowest BCUT2D eigenvalue weighted by Gasteiger charge is -2.29. The van der Waals surface area contributed by atoms with E-state index in [4.69, 9.17) is 4.84 Å². The van der Waals surface area contributed by atoms with Crippen molar-refractivity contribution in [3.63, 3.8) is 0 Å². The third kappa shape index (κ3) is 6.36. The molecule has 0 aliphatic rings. The molecule has 1 N–H and O–H groups in total. The van der Waals surface area contributed by atoms with Crippen LogP contribution in [-0.2, 0) is 16.1 Å². The molecule has 0 aromatic heterocycles. The number of aliphatic hydroxyl groups is 1. The van der Waals surface area contributed by atoms with Crippen LogP contribution in [0.2, 0.25) is 0 Å². The summed E-state index contributed by atoms with van der Waals surface area (Å²) < 4.78 is 0. The molecule has 0 saturated carbocycles. The first kappa shape index (κ1) is 15.7. The first-order chi connectivity index (χ1) is 8.94. The molecular formula is C15H23NO3. The van der Waals surface area contributed by atoms with Gasteiger partial charge in [-0.05, 0) is 32.8 Å². The zero-order valence-corrected chi connectivity index (χ0v) is 11.9. The summed E-state index contributed by atoms with van der Waals surface area (Å²) in [4.78, 5) is 16.5. The van der Waals surface area contributed by atoms with Crippen LogP contribution in [0.1, 0.15) is 26.3 Å². The Labute approximate surface area is 114 Å². The number of carbonyl (C=O) groups excluding carboxylic acids is 1. The molecular weight excluding hydrogens is 242 g/mol. The largest absolute Gasteiger partial charge is 0.396 e. The van der Waals surface area contributed by atoms with Crippen LogP contribution in [-0.4, -0.2) is 35.3 Å². The van der Waals surface area contributed by atoms with E-state index in [1.165, 1.54) is 5.06 Å². The molecule has 0 radical (unpaired) electrons. The third-order valence-electron chi connectivity index (χ3n) is 2.57. The summed E-state index contributed by atoms with van der Waals surface area (Å²) in [5, 5.41) is 10.7. The Hall–Kier alpha value is -1.39. The van der Waals surface area contributed by atoms with Gasteiger partial charge in [0.05, 0.1) is 12.1 Å². The number of hydrogen-bond donors (Lipinski definition) is 1. The standard InChI is InChI=1S/C15H23NO3/c1-15(2,3)19-16(12-18)10-14(11-17)9-13-7-5-4-6-8-13/h4-8,12,14,17H,9-11H2,1-3H3. The van der Waals surface area contributed by atoms with Crippen molar-refractivity contribution in [1.29, 1.82) is 0 Å². The van der Waals surface area contributed by atoms with Gasteiger partial charge in [-0.1, -0.05) is 30.3 Å². The van der Waals surface area contributed by atoms with Crippen LogP contribution in [0.4, 0.5) is 0 Å². The van der Waals surface area contributed by atoms with Crippen LogP contribution >= 0.6 is 0 Å². The second-order valence-electron chi connectivity index (χ2n) is 5.65. The average Bonchev–Trinajstić information content (AvgIpc) is 2.36. The molecule has 4 nitrogen and oxygen atoms in total. The van der Waals surface area contributed by atoms with E-state index < -0.39 is 5.60 Å². The minimum absolute atomic E-state index is 0.0206. The molecule has 4 heteroatoms. The Morgan fingerprint density at radius 2 is 1.95 bits per heavy atom. The molecule has 0 saturated heterocycles. The molecule has 1 atom stereocenters. The topological polar surface area (TPSA) is 49.8 Å². The van der Waals surface area contributed by atoms with Gasteiger partial charge < -0.3 is 5.11 Å². The van der Waals surface area contributed by atoms with Gasteiger partial charge in [0, 0.05) is 12.5 Å². The fraction of sp³-hybridized carbons (Fsp3) is 0.533. The van der Waals surface area contributed by atoms with Crippen LogP contribution in [0, 0.1) is 5.92 Å². The second kappa shape index (κ2) is 7.26. The zero-order valence-electron chi connectivity index (χ0n) is 11.9. The molecule has 1 amide bonds. The van der Waals surface area contributed by atoms with Crippen molar-refractivity contribution in [1.82, 2.24) is 5.06 Å². The van der Waals surface area contributed by atoms with Gasteiger partial charge in [0.25, 0.3) is 0 Å². The van der Waals surface area contributed by atoms with Crippen molar-refractivity contribution in [2.45, 2.75) is 32.8 Å². The van der Waals surface area contributed by atoms with E-state index in [2.05, 4.69) is 0 Å². The van der Waals surface area contributed by atoms with Crippen LogP contribution in [0.3, 0.4) is 0 Å². The van der Waals surface area contributed by atoms with Crippen LogP contribution in [0.25, 0.3) is 0 Å². The van der Waals surface area contributed by atoms with Crippen molar-refractivity contribution in [2.24, 2.45) is 5.92 Å². The molecule has 1 aromatic carbocycles. The highest BCUT2D eigenvalue weighted by atomic mass is 16.7. The Bertz CT molecular complexity index is 373. The number of carbonyl (C=O) groups is 1. The Morgan fingerprint density at radius 1 is 1.32 bits per heavy atom. The van der Waals surface area contributed by atoms with Crippen molar-refractivity contribution in [3.8, 4) is 0 Å². The summed E-state index contributed by atoms with van der Waals surface area (Å²) in [7, 11) is 0. The molecule has 1 unspecified atom stereocenters. The Balaban J connectivity index is 2.57. The minimum atomic E-state index is -0.423. The number of nitrogens with zero attached hydrogens (tertiary/aromatic N) is 1. The summed E-state index contributed by atoms with van der Waals surface area (Å²) in [5.41, 5.74) is 0.719. The molecule has 19 heavy (non-hydrogen) atoms. The van der Waals surface area contributed by atoms with E-state index in [0.717, 1.165) is 12.0 Å². The predicted octanol–water partition coefficient (Wildman–Crippen LogP) is 2.03. The number of rotatable bonds is 7. The first-order valence-electron chi connectivity index (χ1n) is 6.50.